The molecule has 1 unspecified atom stereocenters. The van der Waals surface area contributed by atoms with E-state index < -0.39 is 0 Å². The summed E-state index contributed by atoms with van der Waals surface area (Å²) in [6.07, 6.45) is 9.49. The van der Waals surface area contributed by atoms with Crippen molar-refractivity contribution in [3.05, 3.63) is 70.5 Å². The van der Waals surface area contributed by atoms with Crippen molar-refractivity contribution in [1.82, 2.24) is 0 Å². The van der Waals surface area contributed by atoms with Crippen molar-refractivity contribution >= 4 is 0 Å². The second kappa shape index (κ2) is 7.77. The average Bonchev–Trinajstić information content (AvgIpc) is 2.59. The maximum absolute atomic E-state index is 13.3. The molecule has 1 atom stereocenters. The van der Waals surface area contributed by atoms with Crippen LogP contribution in [0.2, 0.25) is 0 Å². The Morgan fingerprint density at radius 2 is 1.70 bits per heavy atom. The summed E-state index contributed by atoms with van der Waals surface area (Å²) in [5.41, 5.74) is 5.50. The van der Waals surface area contributed by atoms with E-state index in [2.05, 4.69) is 31.2 Å². The van der Waals surface area contributed by atoms with Gasteiger partial charge in [-0.25, -0.2) is 4.39 Å². The van der Waals surface area contributed by atoms with Gasteiger partial charge in [0.1, 0.15) is 5.82 Å². The Morgan fingerprint density at radius 3 is 2.43 bits per heavy atom. The first kappa shape index (κ1) is 16.2. The summed E-state index contributed by atoms with van der Waals surface area (Å²) < 4.78 is 13.3. The molecule has 3 rings (SSSR count). The molecular formula is C22H27F. The molecule has 2 aromatic rings. The van der Waals surface area contributed by atoms with Gasteiger partial charge in [0.15, 0.2) is 0 Å². The normalized spacial score (nSPS) is 17.0. The summed E-state index contributed by atoms with van der Waals surface area (Å²) in [5.74, 6) is 0.651. The van der Waals surface area contributed by atoms with E-state index in [1.54, 1.807) is 12.1 Å². The molecule has 0 fully saturated rings. The van der Waals surface area contributed by atoms with Crippen LogP contribution in [0.1, 0.15) is 54.9 Å². The maximum atomic E-state index is 13.3. The SMILES string of the molecule is CCCCc1ccc(CCC2CCc3cc(F)ccc3C2)cc1. The minimum Gasteiger partial charge on any atom is -0.207 e. The molecule has 0 spiro atoms. The Labute approximate surface area is 139 Å². The molecule has 0 aromatic heterocycles. The van der Waals surface area contributed by atoms with Crippen LogP contribution >= 0.6 is 0 Å². The maximum Gasteiger partial charge on any atom is 0.123 e. The van der Waals surface area contributed by atoms with E-state index in [0.717, 1.165) is 25.2 Å². The summed E-state index contributed by atoms with van der Waals surface area (Å²) in [6, 6.07) is 14.5. The lowest BCUT2D eigenvalue weighted by molar-refractivity contribution is 0.426. The largest absolute Gasteiger partial charge is 0.207 e. The topological polar surface area (TPSA) is 0 Å². The highest BCUT2D eigenvalue weighted by atomic mass is 19.1. The van der Waals surface area contributed by atoms with Crippen LogP contribution in [0.5, 0.6) is 0 Å². The van der Waals surface area contributed by atoms with Gasteiger partial charge < -0.3 is 0 Å². The molecule has 0 heterocycles. The van der Waals surface area contributed by atoms with Crippen molar-refractivity contribution in [2.24, 2.45) is 5.92 Å². The number of rotatable bonds is 6. The fourth-order valence-electron chi connectivity index (χ4n) is 3.67. The fraction of sp³-hybridized carbons (Fsp3) is 0.455. The van der Waals surface area contributed by atoms with E-state index in [1.165, 1.54) is 54.4 Å². The van der Waals surface area contributed by atoms with Crippen molar-refractivity contribution in [2.75, 3.05) is 0 Å². The predicted octanol–water partition coefficient (Wildman–Crippen LogP) is 5.91. The van der Waals surface area contributed by atoms with Gasteiger partial charge in [0.25, 0.3) is 0 Å². The van der Waals surface area contributed by atoms with Crippen molar-refractivity contribution < 1.29 is 4.39 Å². The van der Waals surface area contributed by atoms with Crippen molar-refractivity contribution in [2.45, 2.75) is 58.3 Å². The van der Waals surface area contributed by atoms with E-state index in [4.69, 9.17) is 0 Å². The molecule has 0 bridgehead atoms. The van der Waals surface area contributed by atoms with Crippen LogP contribution < -0.4 is 0 Å². The van der Waals surface area contributed by atoms with E-state index in [9.17, 15) is 4.39 Å². The minimum atomic E-state index is -0.0923. The zero-order valence-corrected chi connectivity index (χ0v) is 14.2. The first-order valence-electron chi connectivity index (χ1n) is 9.09. The van der Waals surface area contributed by atoms with Crippen LogP contribution in [-0.2, 0) is 25.7 Å². The van der Waals surface area contributed by atoms with E-state index in [0.29, 0.717) is 0 Å². The molecule has 0 nitrogen and oxygen atoms in total. The van der Waals surface area contributed by atoms with Crippen molar-refractivity contribution in [1.29, 1.82) is 0 Å². The van der Waals surface area contributed by atoms with E-state index in [1.807, 2.05) is 6.07 Å². The smallest absolute Gasteiger partial charge is 0.123 e. The minimum absolute atomic E-state index is 0.0923. The molecule has 0 aliphatic heterocycles. The van der Waals surface area contributed by atoms with Crippen LogP contribution in [-0.4, -0.2) is 0 Å². The van der Waals surface area contributed by atoms with Gasteiger partial charge in [-0.15, -0.1) is 0 Å². The summed E-state index contributed by atoms with van der Waals surface area (Å²) in [7, 11) is 0. The highest BCUT2D eigenvalue weighted by Gasteiger charge is 2.18. The third kappa shape index (κ3) is 4.43. The fourth-order valence-corrected chi connectivity index (χ4v) is 3.67. The molecule has 122 valence electrons. The van der Waals surface area contributed by atoms with Gasteiger partial charge in [-0.1, -0.05) is 43.7 Å². The van der Waals surface area contributed by atoms with Crippen LogP contribution in [0.4, 0.5) is 4.39 Å². The zero-order valence-electron chi connectivity index (χ0n) is 14.2. The number of aryl methyl sites for hydroxylation is 3. The van der Waals surface area contributed by atoms with Crippen LogP contribution in [0, 0.1) is 11.7 Å². The second-order valence-corrected chi connectivity index (χ2v) is 6.98. The molecule has 0 radical (unpaired) electrons. The third-order valence-electron chi connectivity index (χ3n) is 5.18. The van der Waals surface area contributed by atoms with E-state index in [-0.39, 0.29) is 5.82 Å². The molecular weight excluding hydrogens is 283 g/mol. The first-order valence-corrected chi connectivity index (χ1v) is 9.09. The average molecular weight is 310 g/mol. The standard InChI is InChI=1S/C22H27F/c1-2-3-4-17-5-7-18(8-6-17)9-10-19-11-12-21-16-22(23)14-13-20(21)15-19/h5-8,13-14,16,19H,2-4,9-12,15H2,1H3. The number of benzene rings is 2. The number of halogens is 1. The molecule has 0 amide bonds. The summed E-state index contributed by atoms with van der Waals surface area (Å²) in [5, 5.41) is 0. The second-order valence-electron chi connectivity index (χ2n) is 6.98. The summed E-state index contributed by atoms with van der Waals surface area (Å²) >= 11 is 0. The molecule has 1 aliphatic rings. The molecule has 23 heavy (non-hydrogen) atoms. The Hall–Kier alpha value is -1.63. The Kier molecular flexibility index (Phi) is 5.48. The molecule has 1 heteroatoms. The monoisotopic (exact) mass is 310 g/mol. The zero-order chi connectivity index (χ0) is 16.1. The predicted molar refractivity (Wildman–Crippen MR) is 95.3 cm³/mol. The van der Waals surface area contributed by atoms with E-state index >= 15 is 0 Å². The number of unbranched alkanes of at least 4 members (excludes halogenated alkanes) is 1. The highest BCUT2D eigenvalue weighted by Crippen LogP contribution is 2.29. The van der Waals surface area contributed by atoms with Gasteiger partial charge >= 0.3 is 0 Å². The molecule has 1 aliphatic carbocycles. The highest BCUT2D eigenvalue weighted by molar-refractivity contribution is 5.30. The van der Waals surface area contributed by atoms with Gasteiger partial charge in [0.2, 0.25) is 0 Å². The summed E-state index contributed by atoms with van der Waals surface area (Å²) in [6.45, 7) is 2.24. The number of fused-ring (bicyclic) bond motifs is 1. The van der Waals surface area contributed by atoms with Crippen molar-refractivity contribution in [3.8, 4) is 0 Å². The molecule has 0 saturated heterocycles. The molecule has 2 aromatic carbocycles. The summed E-state index contributed by atoms with van der Waals surface area (Å²) in [4.78, 5) is 0. The molecule has 0 N–H and O–H groups in total. The lowest BCUT2D eigenvalue weighted by atomic mass is 9.81. The van der Waals surface area contributed by atoms with Gasteiger partial charge in [0, 0.05) is 0 Å². The lowest BCUT2D eigenvalue weighted by Gasteiger charge is -2.24. The van der Waals surface area contributed by atoms with Crippen molar-refractivity contribution in [3.63, 3.8) is 0 Å². The Bertz CT molecular complexity index is 627. The lowest BCUT2D eigenvalue weighted by Crippen LogP contribution is -2.15. The first-order chi connectivity index (χ1) is 11.2. The van der Waals surface area contributed by atoms with Crippen LogP contribution in [0.15, 0.2) is 42.5 Å². The third-order valence-corrected chi connectivity index (χ3v) is 5.18. The van der Waals surface area contributed by atoms with Crippen LogP contribution in [0.25, 0.3) is 0 Å². The molecule has 0 saturated carbocycles. The van der Waals surface area contributed by atoms with Crippen LogP contribution in [0.3, 0.4) is 0 Å². The number of hydrogen-bond donors (Lipinski definition) is 0. The van der Waals surface area contributed by atoms with Gasteiger partial charge in [-0.05, 0) is 85.3 Å². The van der Waals surface area contributed by atoms with Gasteiger partial charge in [0.05, 0.1) is 0 Å². The quantitative estimate of drug-likeness (QED) is 0.622. The number of hydrogen-bond acceptors (Lipinski definition) is 0. The Balaban J connectivity index is 1.52. The van der Waals surface area contributed by atoms with Gasteiger partial charge in [-0.3, -0.25) is 0 Å². The van der Waals surface area contributed by atoms with Gasteiger partial charge in [-0.2, -0.15) is 0 Å². The Morgan fingerprint density at radius 1 is 0.957 bits per heavy atom.